The molecule has 0 spiro atoms. The van der Waals surface area contributed by atoms with Gasteiger partial charge in [-0.05, 0) is 55.1 Å². The molecule has 1 fully saturated rings. The lowest BCUT2D eigenvalue weighted by Crippen LogP contribution is -2.35. The molecule has 0 radical (unpaired) electrons. The first kappa shape index (κ1) is 12.4. The van der Waals surface area contributed by atoms with Crippen LogP contribution in [0.3, 0.4) is 0 Å². The molecule has 1 aromatic heterocycles. The number of halogens is 1. The summed E-state index contributed by atoms with van der Waals surface area (Å²) in [4.78, 5) is 1.41. The Morgan fingerprint density at radius 1 is 1.50 bits per heavy atom. The summed E-state index contributed by atoms with van der Waals surface area (Å²) >= 11 is 8.00. The average molecular weight is 258 g/mol. The van der Waals surface area contributed by atoms with Gasteiger partial charge in [-0.3, -0.25) is 0 Å². The largest absolute Gasteiger partial charge is 0.316 e. The van der Waals surface area contributed by atoms with Crippen molar-refractivity contribution < 1.29 is 0 Å². The lowest BCUT2D eigenvalue weighted by atomic mass is 9.73. The first-order chi connectivity index (χ1) is 7.68. The molecule has 2 rings (SSSR count). The highest BCUT2D eigenvalue weighted by Gasteiger charge is 2.33. The van der Waals surface area contributed by atoms with Crippen molar-refractivity contribution in [3.05, 3.63) is 21.3 Å². The molecule has 2 unspecified atom stereocenters. The summed E-state index contributed by atoms with van der Waals surface area (Å²) in [5, 5.41) is 6.64. The molecule has 1 N–H and O–H groups in total. The Morgan fingerprint density at radius 2 is 2.31 bits per heavy atom. The quantitative estimate of drug-likeness (QED) is 0.836. The lowest BCUT2D eigenvalue weighted by molar-refractivity contribution is 0.247. The Bertz CT molecular complexity index is 334. The highest BCUT2D eigenvalue weighted by Crippen LogP contribution is 2.46. The molecule has 0 aliphatic heterocycles. The van der Waals surface area contributed by atoms with Crippen molar-refractivity contribution in [1.29, 1.82) is 0 Å². The van der Waals surface area contributed by atoms with Gasteiger partial charge in [0.05, 0.1) is 5.02 Å². The Balaban J connectivity index is 1.82. The van der Waals surface area contributed by atoms with Crippen molar-refractivity contribution in [2.45, 2.75) is 32.6 Å². The average Bonchev–Trinajstić information content (AvgIpc) is 2.58. The van der Waals surface area contributed by atoms with Gasteiger partial charge in [-0.25, -0.2) is 0 Å². The number of nitrogens with one attached hydrogen (secondary N) is 1. The maximum Gasteiger partial charge on any atom is 0.0547 e. The standard InChI is InChI=1S/C13H20ClNS/c1-9(2)7-15-8-10-3-4-11(10)13-12(14)5-6-16-13/h5-6,9-11,15H,3-4,7-8H2,1-2H3. The maximum absolute atomic E-state index is 6.19. The van der Waals surface area contributed by atoms with Crippen LogP contribution >= 0.6 is 22.9 Å². The number of hydrogen-bond donors (Lipinski definition) is 1. The van der Waals surface area contributed by atoms with Crippen molar-refractivity contribution in [2.24, 2.45) is 11.8 Å². The fourth-order valence-corrected chi connectivity index (χ4v) is 3.71. The Labute approximate surface area is 107 Å². The van der Waals surface area contributed by atoms with Crippen LogP contribution in [-0.4, -0.2) is 13.1 Å². The van der Waals surface area contributed by atoms with Crippen LogP contribution in [-0.2, 0) is 0 Å². The third-order valence-corrected chi connectivity index (χ3v) is 4.85. The number of thiophene rings is 1. The van der Waals surface area contributed by atoms with Gasteiger partial charge in [0.2, 0.25) is 0 Å². The number of rotatable bonds is 5. The van der Waals surface area contributed by atoms with E-state index in [-0.39, 0.29) is 0 Å². The summed E-state index contributed by atoms with van der Waals surface area (Å²) in [6.07, 6.45) is 2.66. The Morgan fingerprint density at radius 3 is 2.81 bits per heavy atom. The van der Waals surface area contributed by atoms with Gasteiger partial charge in [-0.15, -0.1) is 11.3 Å². The SMILES string of the molecule is CC(C)CNCC1CCC1c1sccc1Cl. The monoisotopic (exact) mass is 257 g/mol. The second-order valence-electron chi connectivity index (χ2n) is 5.13. The van der Waals surface area contributed by atoms with Gasteiger partial charge in [0.25, 0.3) is 0 Å². The van der Waals surface area contributed by atoms with E-state index in [4.69, 9.17) is 11.6 Å². The summed E-state index contributed by atoms with van der Waals surface area (Å²) in [5.41, 5.74) is 0. The van der Waals surface area contributed by atoms with E-state index in [9.17, 15) is 0 Å². The Hall–Kier alpha value is -0.0500. The van der Waals surface area contributed by atoms with E-state index in [0.29, 0.717) is 5.92 Å². The van der Waals surface area contributed by atoms with Crippen LogP contribution in [0.25, 0.3) is 0 Å². The molecule has 0 saturated heterocycles. The summed E-state index contributed by atoms with van der Waals surface area (Å²) in [5.74, 6) is 2.26. The molecule has 1 nitrogen and oxygen atoms in total. The first-order valence-electron chi connectivity index (χ1n) is 6.12. The normalized spacial score (nSPS) is 24.8. The van der Waals surface area contributed by atoms with Gasteiger partial charge in [-0.2, -0.15) is 0 Å². The first-order valence-corrected chi connectivity index (χ1v) is 7.38. The fraction of sp³-hybridized carbons (Fsp3) is 0.692. The predicted octanol–water partition coefficient (Wildman–Crippen LogP) is 4.14. The molecule has 0 amide bonds. The van der Waals surface area contributed by atoms with E-state index >= 15 is 0 Å². The van der Waals surface area contributed by atoms with Gasteiger partial charge in [0.15, 0.2) is 0 Å². The molecule has 16 heavy (non-hydrogen) atoms. The van der Waals surface area contributed by atoms with Crippen LogP contribution in [0.2, 0.25) is 5.02 Å². The molecule has 1 aliphatic carbocycles. The summed E-state index contributed by atoms with van der Waals surface area (Å²) in [6.45, 7) is 6.78. The molecule has 0 bridgehead atoms. The van der Waals surface area contributed by atoms with Crippen molar-refractivity contribution in [2.75, 3.05) is 13.1 Å². The maximum atomic E-state index is 6.19. The summed E-state index contributed by atoms with van der Waals surface area (Å²) in [7, 11) is 0. The van der Waals surface area contributed by atoms with Crippen LogP contribution in [0.4, 0.5) is 0 Å². The molecule has 1 heterocycles. The second kappa shape index (κ2) is 5.52. The van der Waals surface area contributed by atoms with Crippen molar-refractivity contribution in [1.82, 2.24) is 5.32 Å². The van der Waals surface area contributed by atoms with Gasteiger partial charge in [-0.1, -0.05) is 25.4 Å². The molecular weight excluding hydrogens is 238 g/mol. The highest BCUT2D eigenvalue weighted by molar-refractivity contribution is 7.10. The minimum absolute atomic E-state index is 0.715. The van der Waals surface area contributed by atoms with E-state index < -0.39 is 0 Å². The minimum Gasteiger partial charge on any atom is -0.316 e. The zero-order valence-corrected chi connectivity index (χ0v) is 11.6. The summed E-state index contributed by atoms with van der Waals surface area (Å²) in [6, 6.07) is 2.03. The topological polar surface area (TPSA) is 12.0 Å². The molecule has 2 atom stereocenters. The van der Waals surface area contributed by atoms with Crippen LogP contribution in [0, 0.1) is 11.8 Å². The molecule has 1 saturated carbocycles. The van der Waals surface area contributed by atoms with Crippen LogP contribution in [0.15, 0.2) is 11.4 Å². The highest BCUT2D eigenvalue weighted by atomic mass is 35.5. The van der Waals surface area contributed by atoms with Crippen LogP contribution in [0.1, 0.15) is 37.5 Å². The molecule has 0 aromatic carbocycles. The zero-order chi connectivity index (χ0) is 11.5. The predicted molar refractivity (Wildman–Crippen MR) is 72.5 cm³/mol. The second-order valence-corrected chi connectivity index (χ2v) is 6.48. The van der Waals surface area contributed by atoms with Gasteiger partial charge >= 0.3 is 0 Å². The molecule has 1 aliphatic rings. The van der Waals surface area contributed by atoms with E-state index in [1.807, 2.05) is 17.4 Å². The van der Waals surface area contributed by atoms with Gasteiger partial charge in [0.1, 0.15) is 0 Å². The Kier molecular flexibility index (Phi) is 4.28. The van der Waals surface area contributed by atoms with E-state index in [2.05, 4.69) is 24.5 Å². The minimum atomic E-state index is 0.715. The van der Waals surface area contributed by atoms with Crippen LogP contribution < -0.4 is 5.32 Å². The van der Waals surface area contributed by atoms with Crippen molar-refractivity contribution >= 4 is 22.9 Å². The van der Waals surface area contributed by atoms with E-state index in [1.165, 1.54) is 17.7 Å². The lowest BCUT2D eigenvalue weighted by Gasteiger charge is -2.36. The third-order valence-electron chi connectivity index (χ3n) is 3.36. The van der Waals surface area contributed by atoms with Crippen molar-refractivity contribution in [3.63, 3.8) is 0 Å². The molecule has 3 heteroatoms. The molecule has 90 valence electrons. The van der Waals surface area contributed by atoms with E-state index in [1.54, 1.807) is 0 Å². The summed E-state index contributed by atoms with van der Waals surface area (Å²) < 4.78 is 0. The third kappa shape index (κ3) is 2.79. The molecular formula is C13H20ClNS. The van der Waals surface area contributed by atoms with Crippen molar-refractivity contribution in [3.8, 4) is 0 Å². The van der Waals surface area contributed by atoms with Gasteiger partial charge in [0, 0.05) is 4.88 Å². The molecule has 1 aromatic rings. The van der Waals surface area contributed by atoms with Crippen LogP contribution in [0.5, 0.6) is 0 Å². The zero-order valence-electron chi connectivity index (χ0n) is 10.0. The fourth-order valence-electron chi connectivity index (χ4n) is 2.29. The van der Waals surface area contributed by atoms with Gasteiger partial charge < -0.3 is 5.32 Å². The number of hydrogen-bond acceptors (Lipinski definition) is 2. The van der Waals surface area contributed by atoms with E-state index in [0.717, 1.165) is 29.9 Å². The smallest absolute Gasteiger partial charge is 0.0547 e.